The molecule has 0 saturated carbocycles. The number of benzene rings is 1. The Hall–Kier alpha value is -4.07. The molecule has 31 heavy (non-hydrogen) atoms. The molecule has 156 valence electrons. The number of aromatic nitrogens is 4. The van der Waals surface area contributed by atoms with Gasteiger partial charge in [-0.1, -0.05) is 24.3 Å². The van der Waals surface area contributed by atoms with E-state index in [9.17, 15) is 4.79 Å². The number of carbonyl (C=O) groups is 1. The summed E-state index contributed by atoms with van der Waals surface area (Å²) in [7, 11) is 1.97. The summed E-state index contributed by atoms with van der Waals surface area (Å²) in [5.41, 5.74) is 9.72. The van der Waals surface area contributed by atoms with Crippen molar-refractivity contribution < 1.29 is 4.79 Å². The van der Waals surface area contributed by atoms with Crippen LogP contribution in [0.25, 0.3) is 10.9 Å². The third-order valence-corrected chi connectivity index (χ3v) is 4.97. The summed E-state index contributed by atoms with van der Waals surface area (Å²) in [5.74, 6) is 0.493. The maximum Gasteiger partial charge on any atom is 0.273 e. The second kappa shape index (κ2) is 8.74. The van der Waals surface area contributed by atoms with Crippen LogP contribution in [0, 0.1) is 6.92 Å². The van der Waals surface area contributed by atoms with Crippen molar-refractivity contribution in [1.29, 1.82) is 0 Å². The number of anilines is 2. The van der Waals surface area contributed by atoms with Gasteiger partial charge in [0.05, 0.1) is 17.8 Å². The normalized spacial score (nSPS) is 10.8. The molecule has 0 fully saturated rings. The van der Waals surface area contributed by atoms with Gasteiger partial charge < -0.3 is 16.0 Å². The van der Waals surface area contributed by atoms with Crippen LogP contribution in [0.1, 0.15) is 27.3 Å². The number of nitrogen functional groups attached to an aromatic ring is 1. The van der Waals surface area contributed by atoms with E-state index >= 15 is 0 Å². The van der Waals surface area contributed by atoms with Crippen LogP contribution >= 0.6 is 0 Å². The third-order valence-electron chi connectivity index (χ3n) is 4.97. The molecule has 3 heterocycles. The number of nitrogens with zero attached hydrogens (tertiary/aromatic N) is 5. The van der Waals surface area contributed by atoms with Crippen molar-refractivity contribution in [2.75, 3.05) is 17.7 Å². The lowest BCUT2D eigenvalue weighted by molar-refractivity contribution is 0.0946. The quantitative estimate of drug-likeness (QED) is 0.500. The largest absolute Gasteiger partial charge is 0.382 e. The Bertz CT molecular complexity index is 1230. The molecule has 0 unspecified atom stereocenters. The van der Waals surface area contributed by atoms with E-state index < -0.39 is 0 Å². The minimum absolute atomic E-state index is 0.0970. The molecule has 8 nitrogen and oxygen atoms in total. The first kappa shape index (κ1) is 20.2. The summed E-state index contributed by atoms with van der Waals surface area (Å²) in [5, 5.41) is 3.90. The fraction of sp³-hybridized carbons (Fsp3) is 0.174. The summed E-state index contributed by atoms with van der Waals surface area (Å²) in [6.45, 7) is 2.90. The van der Waals surface area contributed by atoms with Gasteiger partial charge >= 0.3 is 0 Å². The summed E-state index contributed by atoms with van der Waals surface area (Å²) >= 11 is 0. The van der Waals surface area contributed by atoms with Gasteiger partial charge in [0.15, 0.2) is 11.5 Å². The maximum atomic E-state index is 12.6. The van der Waals surface area contributed by atoms with Gasteiger partial charge in [-0.2, -0.15) is 0 Å². The molecule has 4 rings (SSSR count). The zero-order valence-electron chi connectivity index (χ0n) is 17.4. The minimum atomic E-state index is -0.381. The van der Waals surface area contributed by atoms with Crippen LogP contribution in [0.5, 0.6) is 0 Å². The molecule has 0 spiro atoms. The van der Waals surface area contributed by atoms with Crippen LogP contribution in [-0.4, -0.2) is 32.9 Å². The summed E-state index contributed by atoms with van der Waals surface area (Å²) in [4.78, 5) is 31.9. The first-order valence-corrected chi connectivity index (χ1v) is 9.88. The van der Waals surface area contributed by atoms with Crippen LogP contribution in [0.3, 0.4) is 0 Å². The number of aryl methyl sites for hydroxylation is 1. The third kappa shape index (κ3) is 4.42. The zero-order chi connectivity index (χ0) is 21.8. The van der Waals surface area contributed by atoms with Crippen molar-refractivity contribution in [2.45, 2.75) is 20.0 Å². The SMILES string of the molecule is Cc1cccc2cc(CNC(=O)c3nccnc3N)c(N(C)Cc3ccccn3)nc12. The van der Waals surface area contributed by atoms with E-state index in [1.165, 1.54) is 12.4 Å². The number of fused-ring (bicyclic) bond motifs is 1. The van der Waals surface area contributed by atoms with Crippen LogP contribution in [0.4, 0.5) is 11.6 Å². The summed E-state index contributed by atoms with van der Waals surface area (Å²) < 4.78 is 0. The van der Waals surface area contributed by atoms with Crippen LogP contribution < -0.4 is 16.0 Å². The number of hydrogen-bond donors (Lipinski definition) is 2. The van der Waals surface area contributed by atoms with Gasteiger partial charge in [0.25, 0.3) is 5.91 Å². The Morgan fingerprint density at radius 2 is 1.90 bits per heavy atom. The molecule has 0 aliphatic heterocycles. The van der Waals surface area contributed by atoms with E-state index in [2.05, 4.69) is 26.3 Å². The zero-order valence-corrected chi connectivity index (χ0v) is 17.4. The van der Waals surface area contributed by atoms with Crippen molar-refractivity contribution in [1.82, 2.24) is 25.3 Å². The van der Waals surface area contributed by atoms with E-state index in [1.807, 2.05) is 55.3 Å². The number of amides is 1. The Balaban J connectivity index is 1.66. The summed E-state index contributed by atoms with van der Waals surface area (Å²) in [6, 6.07) is 13.9. The lowest BCUT2D eigenvalue weighted by atomic mass is 10.1. The van der Waals surface area contributed by atoms with Gasteiger partial charge in [0.2, 0.25) is 0 Å². The van der Waals surface area contributed by atoms with E-state index in [4.69, 9.17) is 10.7 Å². The van der Waals surface area contributed by atoms with Gasteiger partial charge in [-0.15, -0.1) is 0 Å². The minimum Gasteiger partial charge on any atom is -0.382 e. The highest BCUT2D eigenvalue weighted by Crippen LogP contribution is 2.26. The van der Waals surface area contributed by atoms with Crippen molar-refractivity contribution in [3.8, 4) is 0 Å². The average Bonchev–Trinajstić information content (AvgIpc) is 2.78. The number of carbonyl (C=O) groups excluding carboxylic acids is 1. The second-order valence-electron chi connectivity index (χ2n) is 7.27. The van der Waals surface area contributed by atoms with E-state index in [1.54, 1.807) is 6.20 Å². The van der Waals surface area contributed by atoms with Crippen LogP contribution in [0.15, 0.2) is 61.1 Å². The Labute approximate surface area is 180 Å². The molecular weight excluding hydrogens is 390 g/mol. The molecule has 8 heteroatoms. The molecule has 3 N–H and O–H groups in total. The standard InChI is InChI=1S/C23H23N7O/c1-15-6-5-7-16-12-17(13-28-23(31)20-21(24)27-11-10-26-20)22(29-19(15)16)30(2)14-18-8-3-4-9-25-18/h3-12H,13-14H2,1-2H3,(H2,24,27)(H,28,31). The Kier molecular flexibility index (Phi) is 5.70. The predicted molar refractivity (Wildman–Crippen MR) is 120 cm³/mol. The maximum absolute atomic E-state index is 12.6. The second-order valence-corrected chi connectivity index (χ2v) is 7.27. The average molecular weight is 413 g/mol. The van der Waals surface area contributed by atoms with E-state index in [-0.39, 0.29) is 24.0 Å². The Morgan fingerprint density at radius 3 is 2.68 bits per heavy atom. The lowest BCUT2D eigenvalue weighted by Crippen LogP contribution is -2.27. The van der Waals surface area contributed by atoms with E-state index in [0.29, 0.717) is 6.54 Å². The van der Waals surface area contributed by atoms with Crippen molar-refractivity contribution in [3.05, 3.63) is 83.6 Å². The van der Waals surface area contributed by atoms with E-state index in [0.717, 1.165) is 33.5 Å². The van der Waals surface area contributed by atoms with Gasteiger partial charge in [-0.05, 0) is 30.7 Å². The molecular formula is C23H23N7O. The first-order valence-electron chi connectivity index (χ1n) is 9.88. The Morgan fingerprint density at radius 1 is 1.06 bits per heavy atom. The fourth-order valence-electron chi connectivity index (χ4n) is 3.43. The molecule has 1 aromatic carbocycles. The topological polar surface area (TPSA) is 110 Å². The molecule has 0 aliphatic carbocycles. The number of pyridine rings is 2. The molecule has 0 saturated heterocycles. The van der Waals surface area contributed by atoms with Gasteiger partial charge in [0, 0.05) is 43.1 Å². The molecule has 4 aromatic rings. The van der Waals surface area contributed by atoms with Crippen molar-refractivity contribution >= 4 is 28.4 Å². The number of nitrogens with two attached hydrogens (primary N) is 1. The number of rotatable bonds is 6. The molecule has 0 bridgehead atoms. The fourth-order valence-corrected chi connectivity index (χ4v) is 3.43. The van der Waals surface area contributed by atoms with Crippen LogP contribution in [-0.2, 0) is 13.1 Å². The van der Waals surface area contributed by atoms with Gasteiger partial charge in [-0.3, -0.25) is 9.78 Å². The molecule has 0 atom stereocenters. The number of hydrogen-bond acceptors (Lipinski definition) is 7. The molecule has 0 aliphatic rings. The molecule has 1 amide bonds. The highest BCUT2D eigenvalue weighted by Gasteiger charge is 2.16. The van der Waals surface area contributed by atoms with Crippen molar-refractivity contribution in [3.63, 3.8) is 0 Å². The highest BCUT2D eigenvalue weighted by molar-refractivity contribution is 5.96. The molecule has 3 aromatic heterocycles. The number of para-hydroxylation sites is 1. The molecule has 0 radical (unpaired) electrons. The predicted octanol–water partition coefficient (Wildman–Crippen LogP) is 2.88. The van der Waals surface area contributed by atoms with Crippen LogP contribution in [0.2, 0.25) is 0 Å². The highest BCUT2D eigenvalue weighted by atomic mass is 16.1. The summed E-state index contributed by atoms with van der Waals surface area (Å²) in [6.07, 6.45) is 4.66. The number of nitrogens with one attached hydrogen (secondary N) is 1. The first-order chi connectivity index (χ1) is 15.0. The van der Waals surface area contributed by atoms with Gasteiger partial charge in [0.1, 0.15) is 5.82 Å². The smallest absolute Gasteiger partial charge is 0.273 e. The van der Waals surface area contributed by atoms with Gasteiger partial charge in [-0.25, -0.2) is 15.0 Å². The monoisotopic (exact) mass is 413 g/mol. The lowest BCUT2D eigenvalue weighted by Gasteiger charge is -2.22. The van der Waals surface area contributed by atoms with Crippen molar-refractivity contribution in [2.24, 2.45) is 0 Å².